The van der Waals surface area contributed by atoms with Crippen LogP contribution in [0.15, 0.2) is 0 Å². The molecule has 0 aliphatic heterocycles. The number of hydrogen-bond acceptors (Lipinski definition) is 3. The van der Waals surface area contributed by atoms with E-state index in [9.17, 15) is 4.79 Å². The van der Waals surface area contributed by atoms with Gasteiger partial charge in [-0.25, -0.2) is 0 Å². The average Bonchev–Trinajstić information content (AvgIpc) is 1.82. The number of rotatable bonds is 3. The van der Waals surface area contributed by atoms with Gasteiger partial charge in [-0.3, -0.25) is 4.79 Å². The van der Waals surface area contributed by atoms with Gasteiger partial charge in [0.15, 0.2) is 0 Å². The van der Waals surface area contributed by atoms with Crippen molar-refractivity contribution in [3.05, 3.63) is 0 Å². The van der Waals surface area contributed by atoms with Crippen LogP contribution in [0, 0.1) is 0 Å². The minimum Gasteiger partial charge on any atom is -0.394 e. The molecule has 3 N–H and O–H groups in total. The molecule has 0 saturated heterocycles. The van der Waals surface area contributed by atoms with Crippen molar-refractivity contribution in [2.45, 2.75) is 6.04 Å². The first kappa shape index (κ1) is 9.12. The number of carbonyl (C=O) groups is 1. The monoisotopic (exact) mass is 245 g/mol. The van der Waals surface area contributed by atoms with Gasteiger partial charge in [-0.2, -0.15) is 0 Å². The lowest BCUT2D eigenvalue weighted by Crippen LogP contribution is -2.36. The first-order valence-electron chi connectivity index (χ1n) is 2.38. The van der Waals surface area contributed by atoms with E-state index in [0.717, 1.165) is 0 Å². The topological polar surface area (TPSA) is 69.6 Å². The standard InChI is InChI=1S/C4H8INO3/c5-4(9)6-3(1-7)2-8/h3,7-8H,1-2H2,(H,6,9). The Labute approximate surface area is 66.4 Å². The quantitative estimate of drug-likeness (QED) is 0.356. The number of hydrogen-bond donors (Lipinski definition) is 3. The van der Waals surface area contributed by atoms with Crippen LogP contribution in [-0.4, -0.2) is 33.4 Å². The Hall–Kier alpha value is 0.120. The lowest BCUT2D eigenvalue weighted by molar-refractivity contribution is 0.175. The lowest BCUT2D eigenvalue weighted by atomic mass is 10.3. The van der Waals surface area contributed by atoms with Crippen LogP contribution < -0.4 is 5.32 Å². The highest BCUT2D eigenvalue weighted by Crippen LogP contribution is 1.86. The number of aliphatic hydroxyl groups is 2. The third-order valence-corrected chi connectivity index (χ3v) is 1.07. The van der Waals surface area contributed by atoms with E-state index in [1.807, 2.05) is 0 Å². The SMILES string of the molecule is O=C(I)NC(CO)CO. The van der Waals surface area contributed by atoms with Crippen LogP contribution in [0.25, 0.3) is 0 Å². The van der Waals surface area contributed by atoms with Crippen LogP contribution in [0.5, 0.6) is 0 Å². The Balaban J connectivity index is 3.43. The summed E-state index contributed by atoms with van der Waals surface area (Å²) in [5.74, 6) is 0. The van der Waals surface area contributed by atoms with Crippen molar-refractivity contribution in [2.75, 3.05) is 13.2 Å². The second-order valence-corrected chi connectivity index (χ2v) is 2.46. The van der Waals surface area contributed by atoms with E-state index in [4.69, 9.17) is 10.2 Å². The molecule has 0 heterocycles. The van der Waals surface area contributed by atoms with E-state index < -0.39 is 6.04 Å². The van der Waals surface area contributed by atoms with Gasteiger partial charge in [0.1, 0.15) is 0 Å². The van der Waals surface area contributed by atoms with Gasteiger partial charge >= 0.3 is 0 Å². The smallest absolute Gasteiger partial charge is 0.281 e. The third kappa shape index (κ3) is 4.61. The fourth-order valence-electron chi connectivity index (χ4n) is 0.310. The Morgan fingerprint density at radius 1 is 1.56 bits per heavy atom. The van der Waals surface area contributed by atoms with Crippen LogP contribution in [0.4, 0.5) is 4.79 Å². The molecule has 0 aromatic rings. The second-order valence-electron chi connectivity index (χ2n) is 1.48. The maximum atomic E-state index is 10.2. The molecule has 0 aromatic carbocycles. The van der Waals surface area contributed by atoms with Crippen molar-refractivity contribution in [3.8, 4) is 0 Å². The summed E-state index contributed by atoms with van der Waals surface area (Å²) in [7, 11) is 0. The number of carbonyl (C=O) groups excluding carboxylic acids is 1. The number of halogens is 1. The van der Waals surface area contributed by atoms with Crippen LogP contribution in [0.2, 0.25) is 0 Å². The minimum absolute atomic E-state index is 0.231. The van der Waals surface area contributed by atoms with E-state index in [1.54, 1.807) is 0 Å². The highest BCUT2D eigenvalue weighted by Gasteiger charge is 2.05. The Morgan fingerprint density at radius 3 is 2.11 bits per heavy atom. The van der Waals surface area contributed by atoms with Crippen molar-refractivity contribution < 1.29 is 15.0 Å². The average molecular weight is 245 g/mol. The summed E-state index contributed by atoms with van der Waals surface area (Å²) in [6.07, 6.45) is 0. The molecule has 4 nitrogen and oxygen atoms in total. The third-order valence-electron chi connectivity index (χ3n) is 0.758. The molecule has 0 spiro atoms. The van der Waals surface area contributed by atoms with Crippen molar-refractivity contribution in [1.29, 1.82) is 0 Å². The predicted octanol–water partition coefficient (Wildman–Crippen LogP) is -0.516. The first-order valence-corrected chi connectivity index (χ1v) is 3.46. The number of nitrogens with one attached hydrogen (secondary N) is 1. The van der Waals surface area contributed by atoms with Gasteiger partial charge in [0, 0.05) is 22.6 Å². The molecular weight excluding hydrogens is 237 g/mol. The molecule has 9 heavy (non-hydrogen) atoms. The van der Waals surface area contributed by atoms with E-state index in [-0.39, 0.29) is 17.1 Å². The molecule has 0 atom stereocenters. The van der Waals surface area contributed by atoms with Crippen LogP contribution in [-0.2, 0) is 0 Å². The zero-order valence-electron chi connectivity index (χ0n) is 4.67. The van der Waals surface area contributed by atoms with Gasteiger partial charge in [0.25, 0.3) is 3.91 Å². The molecular formula is C4H8INO3. The molecule has 0 aliphatic carbocycles. The number of aliphatic hydroxyl groups excluding tert-OH is 2. The molecule has 0 unspecified atom stereocenters. The lowest BCUT2D eigenvalue weighted by Gasteiger charge is -2.09. The van der Waals surface area contributed by atoms with Crippen molar-refractivity contribution in [1.82, 2.24) is 5.32 Å². The maximum absolute atomic E-state index is 10.2. The van der Waals surface area contributed by atoms with Crippen molar-refractivity contribution in [2.24, 2.45) is 0 Å². The molecule has 0 fully saturated rings. The molecule has 0 saturated carbocycles. The predicted molar refractivity (Wildman–Crippen MR) is 40.5 cm³/mol. The summed E-state index contributed by atoms with van der Waals surface area (Å²) in [6, 6.07) is -0.519. The summed E-state index contributed by atoms with van der Waals surface area (Å²) < 4.78 is -0.277. The maximum Gasteiger partial charge on any atom is 0.281 e. The van der Waals surface area contributed by atoms with E-state index >= 15 is 0 Å². The summed E-state index contributed by atoms with van der Waals surface area (Å²) in [6.45, 7) is -0.462. The van der Waals surface area contributed by atoms with E-state index in [0.29, 0.717) is 0 Å². The Kier molecular flexibility index (Phi) is 5.02. The van der Waals surface area contributed by atoms with Gasteiger partial charge in [-0.1, -0.05) is 0 Å². The van der Waals surface area contributed by atoms with E-state index in [2.05, 4.69) is 5.32 Å². The molecule has 0 bridgehead atoms. The fourth-order valence-corrected chi connectivity index (χ4v) is 0.750. The Morgan fingerprint density at radius 2 is 2.00 bits per heavy atom. The molecule has 0 aromatic heterocycles. The molecule has 5 heteroatoms. The summed E-state index contributed by atoms with van der Waals surface area (Å²) in [5, 5.41) is 19.1. The highest BCUT2D eigenvalue weighted by atomic mass is 127. The zero-order valence-corrected chi connectivity index (χ0v) is 6.83. The molecule has 0 rings (SSSR count). The fraction of sp³-hybridized carbons (Fsp3) is 0.750. The zero-order chi connectivity index (χ0) is 7.28. The summed E-state index contributed by atoms with van der Waals surface area (Å²) >= 11 is 1.53. The number of amides is 1. The van der Waals surface area contributed by atoms with Gasteiger partial charge in [0.2, 0.25) is 0 Å². The Bertz CT molecular complexity index is 93.8. The van der Waals surface area contributed by atoms with Gasteiger partial charge < -0.3 is 15.5 Å². The summed E-state index contributed by atoms with van der Waals surface area (Å²) in [4.78, 5) is 10.2. The molecule has 1 amide bonds. The molecule has 0 radical (unpaired) electrons. The highest BCUT2D eigenvalue weighted by molar-refractivity contribution is 14.1. The van der Waals surface area contributed by atoms with Crippen molar-refractivity contribution in [3.63, 3.8) is 0 Å². The van der Waals surface area contributed by atoms with Gasteiger partial charge in [-0.05, 0) is 0 Å². The minimum atomic E-state index is -0.519. The normalized spacial score (nSPS) is 9.78. The van der Waals surface area contributed by atoms with Crippen LogP contribution in [0.1, 0.15) is 0 Å². The van der Waals surface area contributed by atoms with Gasteiger partial charge in [-0.15, -0.1) is 0 Å². The molecule has 54 valence electrons. The second kappa shape index (κ2) is 4.95. The first-order chi connectivity index (χ1) is 4.20. The molecule has 0 aliphatic rings. The van der Waals surface area contributed by atoms with Crippen LogP contribution >= 0.6 is 22.6 Å². The van der Waals surface area contributed by atoms with Gasteiger partial charge in [0.05, 0.1) is 19.3 Å². The summed E-state index contributed by atoms with van der Waals surface area (Å²) in [5.41, 5.74) is 0. The largest absolute Gasteiger partial charge is 0.394 e. The van der Waals surface area contributed by atoms with Crippen LogP contribution in [0.3, 0.4) is 0 Å². The van der Waals surface area contributed by atoms with Crippen molar-refractivity contribution >= 4 is 26.5 Å². The van der Waals surface area contributed by atoms with E-state index in [1.165, 1.54) is 22.6 Å².